The van der Waals surface area contributed by atoms with E-state index in [1.165, 1.54) is 7.11 Å². The maximum absolute atomic E-state index is 13.4. The van der Waals surface area contributed by atoms with Gasteiger partial charge in [-0.2, -0.15) is 0 Å². The first-order valence-electron chi connectivity index (χ1n) is 4.80. The first kappa shape index (κ1) is 11.5. The van der Waals surface area contributed by atoms with Gasteiger partial charge in [-0.15, -0.1) is 0 Å². The maximum Gasteiger partial charge on any atom is 0.321 e. The predicted octanol–water partition coefficient (Wildman–Crippen LogP) is 1.53. The second kappa shape index (κ2) is 4.12. The molecule has 1 saturated heterocycles. The molecule has 1 fully saturated rings. The minimum absolute atomic E-state index is 0.0131. The second-order valence-electron chi connectivity index (χ2n) is 3.56. The molecule has 1 aromatic carbocycles. The summed E-state index contributed by atoms with van der Waals surface area (Å²) in [4.78, 5) is 22.3. The van der Waals surface area contributed by atoms with Crippen molar-refractivity contribution in [3.8, 4) is 5.75 Å². The molecule has 1 aromatic rings. The Bertz CT molecular complexity index is 498. The summed E-state index contributed by atoms with van der Waals surface area (Å²) >= 11 is 0. The van der Waals surface area contributed by atoms with Gasteiger partial charge in [0.15, 0.2) is 11.6 Å². The number of hydrogen-bond acceptors (Lipinski definition) is 4. The van der Waals surface area contributed by atoms with E-state index in [1.54, 1.807) is 0 Å². The SMILES string of the molecule is COc1c(F)cc(F)cc1C1CC(=O)OC1=O. The zero-order valence-corrected chi connectivity index (χ0v) is 8.83. The summed E-state index contributed by atoms with van der Waals surface area (Å²) in [5.74, 6) is -4.56. The number of methoxy groups -OCH3 is 1. The third-order valence-corrected chi connectivity index (χ3v) is 2.49. The molecule has 0 saturated carbocycles. The molecule has 0 N–H and O–H groups in total. The number of benzene rings is 1. The number of carbonyl (C=O) groups excluding carboxylic acids is 2. The van der Waals surface area contributed by atoms with E-state index >= 15 is 0 Å². The third kappa shape index (κ3) is 1.98. The lowest BCUT2D eigenvalue weighted by molar-refractivity contribution is -0.152. The van der Waals surface area contributed by atoms with E-state index in [1.807, 2.05) is 0 Å². The third-order valence-electron chi connectivity index (χ3n) is 2.49. The summed E-state index contributed by atoms with van der Waals surface area (Å²) in [6.07, 6.45) is -0.238. The number of ether oxygens (including phenoxy) is 2. The van der Waals surface area contributed by atoms with Gasteiger partial charge >= 0.3 is 11.9 Å². The molecule has 0 bridgehead atoms. The molecule has 1 aliphatic rings. The first-order valence-corrected chi connectivity index (χ1v) is 4.80. The lowest BCUT2D eigenvalue weighted by atomic mass is 9.96. The van der Waals surface area contributed by atoms with Crippen LogP contribution in [0.2, 0.25) is 0 Å². The van der Waals surface area contributed by atoms with Crippen molar-refractivity contribution in [3.63, 3.8) is 0 Å². The van der Waals surface area contributed by atoms with Gasteiger partial charge < -0.3 is 9.47 Å². The number of rotatable bonds is 2. The number of esters is 2. The molecule has 1 aliphatic heterocycles. The van der Waals surface area contributed by atoms with Gasteiger partial charge in [-0.1, -0.05) is 0 Å². The van der Waals surface area contributed by atoms with E-state index < -0.39 is 29.5 Å². The van der Waals surface area contributed by atoms with Crippen molar-refractivity contribution < 1.29 is 27.8 Å². The molecule has 17 heavy (non-hydrogen) atoms. The van der Waals surface area contributed by atoms with Crippen LogP contribution in [0, 0.1) is 11.6 Å². The van der Waals surface area contributed by atoms with Gasteiger partial charge in [-0.25, -0.2) is 8.78 Å². The predicted molar refractivity (Wildman–Crippen MR) is 51.4 cm³/mol. The van der Waals surface area contributed by atoms with Crippen molar-refractivity contribution in [2.45, 2.75) is 12.3 Å². The molecular weight excluding hydrogens is 234 g/mol. The summed E-state index contributed by atoms with van der Waals surface area (Å²) in [7, 11) is 1.20. The molecule has 2 rings (SSSR count). The van der Waals surface area contributed by atoms with E-state index in [-0.39, 0.29) is 17.7 Å². The lowest BCUT2D eigenvalue weighted by Crippen LogP contribution is -2.09. The van der Waals surface area contributed by atoms with Crippen LogP contribution >= 0.6 is 0 Å². The number of cyclic esters (lactones) is 2. The van der Waals surface area contributed by atoms with Crippen molar-refractivity contribution in [1.82, 2.24) is 0 Å². The van der Waals surface area contributed by atoms with E-state index in [9.17, 15) is 18.4 Å². The Kier molecular flexibility index (Phi) is 2.79. The highest BCUT2D eigenvalue weighted by Gasteiger charge is 2.37. The quantitative estimate of drug-likeness (QED) is 0.583. The fourth-order valence-corrected chi connectivity index (χ4v) is 1.77. The zero-order valence-electron chi connectivity index (χ0n) is 8.83. The van der Waals surface area contributed by atoms with Gasteiger partial charge in [0.05, 0.1) is 19.4 Å². The van der Waals surface area contributed by atoms with Crippen LogP contribution in [0.3, 0.4) is 0 Å². The van der Waals surface area contributed by atoms with Gasteiger partial charge in [-0.3, -0.25) is 9.59 Å². The van der Waals surface area contributed by atoms with Crippen molar-refractivity contribution in [3.05, 3.63) is 29.3 Å². The molecule has 0 radical (unpaired) electrons. The Morgan fingerprint density at radius 3 is 2.59 bits per heavy atom. The van der Waals surface area contributed by atoms with E-state index in [0.717, 1.165) is 6.07 Å². The monoisotopic (exact) mass is 242 g/mol. The Balaban J connectivity index is 2.51. The number of carbonyl (C=O) groups is 2. The molecule has 90 valence electrons. The van der Waals surface area contributed by atoms with Gasteiger partial charge in [0, 0.05) is 11.6 Å². The van der Waals surface area contributed by atoms with E-state index in [4.69, 9.17) is 4.74 Å². The normalized spacial score (nSPS) is 19.4. The van der Waals surface area contributed by atoms with Gasteiger partial charge in [0.1, 0.15) is 5.82 Å². The molecule has 0 aromatic heterocycles. The van der Waals surface area contributed by atoms with Crippen LogP contribution in [0.25, 0.3) is 0 Å². The molecule has 1 atom stereocenters. The van der Waals surface area contributed by atoms with Crippen molar-refractivity contribution in [2.24, 2.45) is 0 Å². The topological polar surface area (TPSA) is 52.6 Å². The zero-order chi connectivity index (χ0) is 12.6. The highest BCUT2D eigenvalue weighted by molar-refractivity contribution is 5.98. The van der Waals surface area contributed by atoms with Gasteiger partial charge in [0.2, 0.25) is 0 Å². The Labute approximate surface area is 95.1 Å². The molecule has 1 heterocycles. The van der Waals surface area contributed by atoms with Crippen LogP contribution in [0.4, 0.5) is 8.78 Å². The minimum atomic E-state index is -1.01. The standard InChI is InChI=1S/C11H8F2O4/c1-16-10-6(2-5(12)3-8(10)13)7-4-9(14)17-11(7)15/h2-3,7H,4H2,1H3. The molecular formula is C11H8F2O4. The van der Waals surface area contributed by atoms with E-state index in [0.29, 0.717) is 6.07 Å². The van der Waals surface area contributed by atoms with Gasteiger partial charge in [0.25, 0.3) is 0 Å². The van der Waals surface area contributed by atoms with E-state index in [2.05, 4.69) is 4.74 Å². The second-order valence-corrected chi connectivity index (χ2v) is 3.56. The smallest absolute Gasteiger partial charge is 0.321 e. The highest BCUT2D eigenvalue weighted by Crippen LogP contribution is 2.36. The maximum atomic E-state index is 13.4. The fraction of sp³-hybridized carbons (Fsp3) is 0.273. The fourth-order valence-electron chi connectivity index (χ4n) is 1.77. The number of hydrogen-bond donors (Lipinski definition) is 0. The average molecular weight is 242 g/mol. The van der Waals surface area contributed by atoms with Crippen LogP contribution in [-0.4, -0.2) is 19.0 Å². The Morgan fingerprint density at radius 2 is 2.06 bits per heavy atom. The first-order chi connectivity index (χ1) is 8.02. The summed E-state index contributed by atoms with van der Waals surface area (Å²) in [5.41, 5.74) is -0.0131. The largest absolute Gasteiger partial charge is 0.493 e. The van der Waals surface area contributed by atoms with Gasteiger partial charge in [-0.05, 0) is 6.07 Å². The highest BCUT2D eigenvalue weighted by atomic mass is 19.1. The summed E-state index contributed by atoms with van der Waals surface area (Å²) in [5, 5.41) is 0. The molecule has 0 aliphatic carbocycles. The molecule has 6 heteroatoms. The van der Waals surface area contributed by atoms with Crippen molar-refractivity contribution >= 4 is 11.9 Å². The summed E-state index contributed by atoms with van der Waals surface area (Å²) in [6, 6.07) is 1.61. The molecule has 1 unspecified atom stereocenters. The van der Waals surface area contributed by atoms with Crippen molar-refractivity contribution in [1.29, 1.82) is 0 Å². The number of halogens is 2. The van der Waals surface area contributed by atoms with Crippen LogP contribution in [0.15, 0.2) is 12.1 Å². The molecule has 0 amide bonds. The average Bonchev–Trinajstić information content (AvgIpc) is 2.56. The van der Waals surface area contributed by atoms with Crippen LogP contribution in [0.5, 0.6) is 5.75 Å². The van der Waals surface area contributed by atoms with Crippen molar-refractivity contribution in [2.75, 3.05) is 7.11 Å². The van der Waals surface area contributed by atoms with Crippen LogP contribution in [0.1, 0.15) is 17.9 Å². The molecule has 4 nitrogen and oxygen atoms in total. The van der Waals surface area contributed by atoms with Crippen LogP contribution < -0.4 is 4.74 Å². The summed E-state index contributed by atoms with van der Waals surface area (Å²) in [6.45, 7) is 0. The Hall–Kier alpha value is -1.98. The Morgan fingerprint density at radius 1 is 1.35 bits per heavy atom. The lowest BCUT2D eigenvalue weighted by Gasteiger charge is -2.12. The minimum Gasteiger partial charge on any atom is -0.493 e. The summed E-state index contributed by atoms with van der Waals surface area (Å²) < 4.78 is 35.6. The molecule has 0 spiro atoms. The van der Waals surface area contributed by atoms with Crippen LogP contribution in [-0.2, 0) is 14.3 Å².